The summed E-state index contributed by atoms with van der Waals surface area (Å²) in [6.45, 7) is 8.09. The molecule has 0 saturated carbocycles. The van der Waals surface area contributed by atoms with Gasteiger partial charge >= 0.3 is 6.03 Å². The second kappa shape index (κ2) is 10.1. The van der Waals surface area contributed by atoms with E-state index < -0.39 is 6.04 Å². The van der Waals surface area contributed by atoms with Crippen molar-refractivity contribution in [1.82, 2.24) is 5.32 Å². The van der Waals surface area contributed by atoms with Crippen molar-refractivity contribution in [2.24, 2.45) is 11.1 Å². The summed E-state index contributed by atoms with van der Waals surface area (Å²) in [5, 5.41) is 8.43. The van der Waals surface area contributed by atoms with Gasteiger partial charge in [0.15, 0.2) is 0 Å². The van der Waals surface area contributed by atoms with E-state index in [1.54, 1.807) is 6.07 Å². The molecule has 0 aliphatic rings. The molecule has 0 spiro atoms. The summed E-state index contributed by atoms with van der Waals surface area (Å²) in [6.07, 6.45) is 0. The molecule has 0 aliphatic carbocycles. The first kappa shape index (κ1) is 23.5. The summed E-state index contributed by atoms with van der Waals surface area (Å²) in [7, 11) is 0. The second-order valence-electron chi connectivity index (χ2n) is 7.71. The lowest BCUT2D eigenvalue weighted by Crippen LogP contribution is -2.48. The summed E-state index contributed by atoms with van der Waals surface area (Å²) >= 11 is 0. The quantitative estimate of drug-likeness (QED) is 0.605. The van der Waals surface area contributed by atoms with Crippen LogP contribution in [-0.4, -0.2) is 18.0 Å². The number of hydrogen-bond donors (Lipinski definition) is 4. The average molecular weight is 405 g/mol. The number of amides is 3. The van der Waals surface area contributed by atoms with Gasteiger partial charge in [-0.1, -0.05) is 45.0 Å². The van der Waals surface area contributed by atoms with Gasteiger partial charge in [0.05, 0.1) is 6.04 Å². The third kappa shape index (κ3) is 7.21. The first-order valence-electron chi connectivity index (χ1n) is 8.92. The van der Waals surface area contributed by atoms with Crippen molar-refractivity contribution in [2.45, 2.75) is 40.3 Å². The maximum Gasteiger partial charge on any atom is 0.323 e. The Hall–Kier alpha value is -2.57. The molecule has 2 rings (SSSR count). The van der Waals surface area contributed by atoms with Gasteiger partial charge in [-0.3, -0.25) is 4.79 Å². The molecule has 7 heteroatoms. The fraction of sp³-hybridized carbons (Fsp3) is 0.333. The van der Waals surface area contributed by atoms with Gasteiger partial charge < -0.3 is 21.7 Å². The van der Waals surface area contributed by atoms with Crippen molar-refractivity contribution in [1.29, 1.82) is 0 Å². The van der Waals surface area contributed by atoms with Crippen molar-refractivity contribution >= 4 is 35.7 Å². The third-order valence-corrected chi connectivity index (χ3v) is 4.14. The number of anilines is 2. The molecule has 0 bridgehead atoms. The number of aryl methyl sites for hydroxylation is 1. The number of nitrogens with one attached hydrogen (secondary N) is 3. The number of nitrogens with two attached hydrogens (primary N) is 1. The highest BCUT2D eigenvalue weighted by Crippen LogP contribution is 2.18. The smallest absolute Gasteiger partial charge is 0.323 e. The molecule has 6 nitrogen and oxygen atoms in total. The summed E-state index contributed by atoms with van der Waals surface area (Å²) in [4.78, 5) is 24.3. The van der Waals surface area contributed by atoms with Crippen LogP contribution >= 0.6 is 12.4 Å². The number of halogens is 1. The molecule has 152 valence electrons. The van der Waals surface area contributed by atoms with Gasteiger partial charge in [-0.05, 0) is 47.7 Å². The van der Waals surface area contributed by atoms with Gasteiger partial charge in [0.25, 0.3) is 0 Å². The number of hydrogen-bond acceptors (Lipinski definition) is 3. The van der Waals surface area contributed by atoms with E-state index in [2.05, 4.69) is 16.0 Å². The molecule has 28 heavy (non-hydrogen) atoms. The molecule has 0 radical (unpaired) electrons. The fourth-order valence-electron chi connectivity index (χ4n) is 2.47. The Labute approximate surface area is 172 Å². The van der Waals surface area contributed by atoms with Crippen molar-refractivity contribution in [2.75, 3.05) is 10.6 Å². The SMILES string of the molecule is Cc1cccc(NC(=O)Nc2cccc(CNC(=O)[C@@H](N)C(C)(C)C)c2)c1.Cl. The minimum atomic E-state index is -0.584. The van der Waals surface area contributed by atoms with Crippen LogP contribution in [0.1, 0.15) is 31.9 Å². The van der Waals surface area contributed by atoms with E-state index in [1.807, 2.05) is 70.2 Å². The maximum absolute atomic E-state index is 12.2. The molecular formula is C21H29ClN4O2. The summed E-state index contributed by atoms with van der Waals surface area (Å²) in [6, 6.07) is 14.0. The Morgan fingerprint density at radius 2 is 1.57 bits per heavy atom. The maximum atomic E-state index is 12.2. The monoisotopic (exact) mass is 404 g/mol. The lowest BCUT2D eigenvalue weighted by molar-refractivity contribution is -0.124. The summed E-state index contributed by atoms with van der Waals surface area (Å²) in [5.74, 6) is -0.196. The molecule has 0 unspecified atom stereocenters. The zero-order chi connectivity index (χ0) is 20.0. The molecule has 0 saturated heterocycles. The van der Waals surface area contributed by atoms with E-state index in [9.17, 15) is 9.59 Å². The Bertz CT molecular complexity index is 818. The average Bonchev–Trinajstić information content (AvgIpc) is 2.58. The summed E-state index contributed by atoms with van der Waals surface area (Å²) < 4.78 is 0. The normalized spacial score (nSPS) is 11.8. The molecule has 2 aromatic carbocycles. The van der Waals surface area contributed by atoms with Crippen molar-refractivity contribution in [3.63, 3.8) is 0 Å². The molecule has 1 atom stereocenters. The van der Waals surface area contributed by atoms with Crippen LogP contribution in [0.25, 0.3) is 0 Å². The summed E-state index contributed by atoms with van der Waals surface area (Å²) in [5.41, 5.74) is 8.97. The minimum absolute atomic E-state index is 0. The standard InChI is InChI=1S/C21H28N4O2.ClH/c1-14-7-5-9-16(11-14)24-20(27)25-17-10-6-8-15(12-17)13-23-19(26)18(22)21(2,3)4;/h5-12,18H,13,22H2,1-4H3,(H,23,26)(H2,24,25,27);1H/t18-;/m1./s1. The van der Waals surface area contributed by atoms with Gasteiger partial charge in [-0.25, -0.2) is 4.79 Å². The molecule has 5 N–H and O–H groups in total. The fourth-order valence-corrected chi connectivity index (χ4v) is 2.47. The Balaban J connectivity index is 0.00000392. The highest BCUT2D eigenvalue weighted by molar-refractivity contribution is 5.99. The largest absolute Gasteiger partial charge is 0.351 e. The first-order valence-corrected chi connectivity index (χ1v) is 8.92. The lowest BCUT2D eigenvalue weighted by atomic mass is 9.87. The van der Waals surface area contributed by atoms with Gasteiger partial charge in [0.2, 0.25) is 5.91 Å². The van der Waals surface area contributed by atoms with E-state index in [1.165, 1.54) is 0 Å². The first-order chi connectivity index (χ1) is 12.6. The van der Waals surface area contributed by atoms with Crippen molar-refractivity contribution in [3.05, 3.63) is 59.7 Å². The molecule has 3 amide bonds. The molecule has 0 aromatic heterocycles. The van der Waals surface area contributed by atoms with Crippen molar-refractivity contribution < 1.29 is 9.59 Å². The lowest BCUT2D eigenvalue weighted by Gasteiger charge is -2.25. The van der Waals surface area contributed by atoms with Crippen molar-refractivity contribution in [3.8, 4) is 0 Å². The zero-order valence-electron chi connectivity index (χ0n) is 16.7. The van der Waals surface area contributed by atoms with Gasteiger partial charge in [0, 0.05) is 17.9 Å². The van der Waals surface area contributed by atoms with E-state index in [0.29, 0.717) is 12.2 Å². The van der Waals surface area contributed by atoms with Crippen LogP contribution < -0.4 is 21.7 Å². The Kier molecular flexibility index (Phi) is 8.47. The molecule has 0 fully saturated rings. The number of benzene rings is 2. The molecule has 0 heterocycles. The number of carbonyl (C=O) groups excluding carboxylic acids is 2. The highest BCUT2D eigenvalue weighted by Gasteiger charge is 2.27. The highest BCUT2D eigenvalue weighted by atomic mass is 35.5. The van der Waals surface area contributed by atoms with Crippen LogP contribution in [0.2, 0.25) is 0 Å². The van der Waals surface area contributed by atoms with Crippen LogP contribution in [0.5, 0.6) is 0 Å². The van der Waals surface area contributed by atoms with Gasteiger partial charge in [-0.15, -0.1) is 12.4 Å². The second-order valence-corrected chi connectivity index (χ2v) is 7.71. The van der Waals surface area contributed by atoms with E-state index >= 15 is 0 Å². The number of rotatable bonds is 5. The molecule has 0 aliphatic heterocycles. The number of urea groups is 1. The van der Waals surface area contributed by atoms with Crippen LogP contribution in [0.3, 0.4) is 0 Å². The zero-order valence-corrected chi connectivity index (χ0v) is 17.5. The number of carbonyl (C=O) groups is 2. The Morgan fingerprint density at radius 3 is 2.14 bits per heavy atom. The van der Waals surface area contributed by atoms with Gasteiger partial charge in [-0.2, -0.15) is 0 Å². The predicted molar refractivity (Wildman–Crippen MR) is 117 cm³/mol. The topological polar surface area (TPSA) is 96.2 Å². The Morgan fingerprint density at radius 1 is 1.00 bits per heavy atom. The van der Waals surface area contributed by atoms with Crippen LogP contribution in [0.4, 0.5) is 16.2 Å². The van der Waals surface area contributed by atoms with Gasteiger partial charge in [0.1, 0.15) is 0 Å². The van der Waals surface area contributed by atoms with Crippen LogP contribution in [0.15, 0.2) is 48.5 Å². The van der Waals surface area contributed by atoms with E-state index in [-0.39, 0.29) is 29.8 Å². The molecular weight excluding hydrogens is 376 g/mol. The molecule has 2 aromatic rings. The third-order valence-electron chi connectivity index (χ3n) is 4.14. The predicted octanol–water partition coefficient (Wildman–Crippen LogP) is 4.05. The van der Waals surface area contributed by atoms with E-state index in [4.69, 9.17) is 5.73 Å². The minimum Gasteiger partial charge on any atom is -0.351 e. The van der Waals surface area contributed by atoms with E-state index in [0.717, 1.165) is 16.8 Å². The van der Waals surface area contributed by atoms with Crippen LogP contribution in [0, 0.1) is 12.3 Å². The van der Waals surface area contributed by atoms with Crippen LogP contribution in [-0.2, 0) is 11.3 Å².